The lowest BCUT2D eigenvalue weighted by atomic mass is 10.0. The number of nitrogens with zero attached hydrogens (tertiary/aromatic N) is 3. The van der Waals surface area contributed by atoms with Gasteiger partial charge >= 0.3 is 5.97 Å². The highest BCUT2D eigenvalue weighted by atomic mass is 16.4. The highest BCUT2D eigenvalue weighted by Crippen LogP contribution is 2.15. The highest BCUT2D eigenvalue weighted by molar-refractivity contribution is 5.86. The maximum atomic E-state index is 13.1. The largest absolute Gasteiger partial charge is 0.480 e. The zero-order valence-corrected chi connectivity index (χ0v) is 16.1. The van der Waals surface area contributed by atoms with Gasteiger partial charge in [-0.3, -0.25) is 9.59 Å². The van der Waals surface area contributed by atoms with Gasteiger partial charge in [-0.1, -0.05) is 61.5 Å². The van der Waals surface area contributed by atoms with Crippen molar-refractivity contribution < 1.29 is 14.7 Å². The predicted molar refractivity (Wildman–Crippen MR) is 107 cm³/mol. The summed E-state index contributed by atoms with van der Waals surface area (Å²) in [5.74, 6) is -2.06. The van der Waals surface area contributed by atoms with Crippen molar-refractivity contribution in [3.63, 3.8) is 0 Å². The van der Waals surface area contributed by atoms with Gasteiger partial charge in [0.1, 0.15) is 17.6 Å². The fourth-order valence-corrected chi connectivity index (χ4v) is 3.10. The van der Waals surface area contributed by atoms with E-state index in [4.69, 9.17) is 0 Å². The molecule has 0 bridgehead atoms. The second-order valence-corrected chi connectivity index (χ2v) is 7.13. The molecule has 0 saturated carbocycles. The molecule has 1 heterocycles. The molecular formula is C21H22N4O4. The maximum absolute atomic E-state index is 13.1. The number of carboxylic acid groups (broad SMARTS) is 1. The lowest BCUT2D eigenvalue weighted by Crippen LogP contribution is -2.49. The van der Waals surface area contributed by atoms with Gasteiger partial charge in [-0.2, -0.15) is 4.68 Å². The van der Waals surface area contributed by atoms with Crippen molar-refractivity contribution in [2.75, 3.05) is 0 Å². The Labute approximate surface area is 167 Å². The molecule has 2 N–H and O–H groups in total. The number of carboxylic acids is 1. The molecule has 2 aromatic carbocycles. The summed E-state index contributed by atoms with van der Waals surface area (Å²) < 4.78 is 1.03. The van der Waals surface area contributed by atoms with E-state index < -0.39 is 29.5 Å². The van der Waals surface area contributed by atoms with Gasteiger partial charge in [-0.15, -0.1) is 5.10 Å². The Morgan fingerprint density at radius 3 is 2.38 bits per heavy atom. The number of aromatic nitrogens is 3. The second kappa shape index (κ2) is 8.64. The van der Waals surface area contributed by atoms with E-state index in [1.54, 1.807) is 38.1 Å². The van der Waals surface area contributed by atoms with Crippen LogP contribution in [0.15, 0.2) is 59.4 Å². The molecule has 0 saturated heterocycles. The summed E-state index contributed by atoms with van der Waals surface area (Å²) in [4.78, 5) is 37.6. The van der Waals surface area contributed by atoms with Gasteiger partial charge in [0.05, 0.1) is 5.39 Å². The zero-order valence-electron chi connectivity index (χ0n) is 16.1. The van der Waals surface area contributed by atoms with Crippen LogP contribution in [0.4, 0.5) is 0 Å². The first kappa shape index (κ1) is 20.2. The third-order valence-electron chi connectivity index (χ3n) is 4.69. The average molecular weight is 394 g/mol. The first-order valence-electron chi connectivity index (χ1n) is 9.30. The Balaban J connectivity index is 2.04. The molecule has 3 aromatic rings. The van der Waals surface area contributed by atoms with Crippen molar-refractivity contribution in [1.29, 1.82) is 0 Å². The number of fused-ring (bicyclic) bond motifs is 1. The molecule has 0 aliphatic carbocycles. The summed E-state index contributed by atoms with van der Waals surface area (Å²) in [5.41, 5.74) is 0.784. The van der Waals surface area contributed by atoms with Crippen LogP contribution in [0.5, 0.6) is 0 Å². The van der Waals surface area contributed by atoms with Crippen molar-refractivity contribution in [1.82, 2.24) is 20.3 Å². The Bertz CT molecular complexity index is 1080. The fourth-order valence-electron chi connectivity index (χ4n) is 3.10. The average Bonchev–Trinajstić information content (AvgIpc) is 2.71. The molecule has 0 unspecified atom stereocenters. The maximum Gasteiger partial charge on any atom is 0.326 e. The zero-order chi connectivity index (χ0) is 21.0. The molecule has 0 aliphatic heterocycles. The van der Waals surface area contributed by atoms with E-state index in [9.17, 15) is 19.5 Å². The highest BCUT2D eigenvalue weighted by Gasteiger charge is 2.30. The van der Waals surface area contributed by atoms with Crippen molar-refractivity contribution in [2.45, 2.75) is 32.4 Å². The molecule has 150 valence electrons. The van der Waals surface area contributed by atoms with E-state index in [0.29, 0.717) is 10.9 Å². The molecule has 3 rings (SSSR count). The molecule has 29 heavy (non-hydrogen) atoms. The molecule has 0 spiro atoms. The number of hydrogen-bond donors (Lipinski definition) is 2. The van der Waals surface area contributed by atoms with Gasteiger partial charge in [-0.05, 0) is 23.6 Å². The quantitative estimate of drug-likeness (QED) is 0.632. The van der Waals surface area contributed by atoms with Crippen molar-refractivity contribution >= 4 is 22.8 Å². The summed E-state index contributed by atoms with van der Waals surface area (Å²) in [5, 5.41) is 20.3. The van der Waals surface area contributed by atoms with Gasteiger partial charge in [0, 0.05) is 6.42 Å². The summed E-state index contributed by atoms with van der Waals surface area (Å²) in [7, 11) is 0. The molecule has 0 aliphatic rings. The van der Waals surface area contributed by atoms with Crippen LogP contribution < -0.4 is 10.9 Å². The van der Waals surface area contributed by atoms with Gasteiger partial charge in [0.2, 0.25) is 5.91 Å². The van der Waals surface area contributed by atoms with Gasteiger partial charge in [0.25, 0.3) is 5.56 Å². The van der Waals surface area contributed by atoms with Crippen LogP contribution in [0.25, 0.3) is 10.9 Å². The normalized spacial score (nSPS) is 13.2. The molecule has 8 nitrogen and oxygen atoms in total. The van der Waals surface area contributed by atoms with Crippen molar-refractivity contribution in [3.8, 4) is 0 Å². The van der Waals surface area contributed by atoms with E-state index in [-0.39, 0.29) is 12.3 Å². The van der Waals surface area contributed by atoms with E-state index >= 15 is 0 Å². The Morgan fingerprint density at radius 2 is 1.72 bits per heavy atom. The minimum absolute atomic E-state index is 0.171. The van der Waals surface area contributed by atoms with E-state index in [1.807, 2.05) is 30.3 Å². The summed E-state index contributed by atoms with van der Waals surface area (Å²) in [6.45, 7) is 3.40. The van der Waals surface area contributed by atoms with Crippen LogP contribution in [0.2, 0.25) is 0 Å². The third kappa shape index (κ3) is 4.48. The van der Waals surface area contributed by atoms with Crippen molar-refractivity contribution in [2.24, 2.45) is 5.92 Å². The second-order valence-electron chi connectivity index (χ2n) is 7.13. The molecule has 8 heteroatoms. The third-order valence-corrected chi connectivity index (χ3v) is 4.69. The molecule has 0 fully saturated rings. The topological polar surface area (TPSA) is 114 Å². The Kier molecular flexibility index (Phi) is 6.01. The first-order valence-corrected chi connectivity index (χ1v) is 9.30. The minimum Gasteiger partial charge on any atom is -0.480 e. The van der Waals surface area contributed by atoms with Crippen molar-refractivity contribution in [3.05, 3.63) is 70.5 Å². The standard InChI is InChI=1S/C21H22N4O4/c1-13(2)18(21(28)29)22-19(26)17(12-14-8-4-3-5-9-14)25-20(27)15-10-6-7-11-16(15)23-24-25/h3-11,13,17-18H,12H2,1-2H3,(H,22,26)(H,28,29)/t17-,18-/m0/s1. The van der Waals surface area contributed by atoms with Crippen LogP contribution >= 0.6 is 0 Å². The lowest BCUT2D eigenvalue weighted by molar-refractivity contribution is -0.143. The summed E-state index contributed by atoms with van der Waals surface area (Å²) in [6.07, 6.45) is 0.171. The molecule has 1 amide bonds. The van der Waals surface area contributed by atoms with E-state index in [1.165, 1.54) is 0 Å². The summed E-state index contributed by atoms with van der Waals surface area (Å²) in [6, 6.07) is 13.8. The Morgan fingerprint density at radius 1 is 1.07 bits per heavy atom. The number of aliphatic carboxylic acids is 1. The number of hydrogen-bond acceptors (Lipinski definition) is 5. The molecule has 2 atom stereocenters. The minimum atomic E-state index is -1.14. The molecular weight excluding hydrogens is 372 g/mol. The van der Waals surface area contributed by atoms with Crippen LogP contribution in [0, 0.1) is 5.92 Å². The number of nitrogens with one attached hydrogen (secondary N) is 1. The van der Waals surface area contributed by atoms with Gasteiger partial charge in [-0.25, -0.2) is 4.79 Å². The van der Waals surface area contributed by atoms with Gasteiger partial charge < -0.3 is 10.4 Å². The molecule has 1 aromatic heterocycles. The summed E-state index contributed by atoms with van der Waals surface area (Å²) >= 11 is 0. The van der Waals surface area contributed by atoms with Gasteiger partial charge in [0.15, 0.2) is 0 Å². The van der Waals surface area contributed by atoms with Crippen LogP contribution in [-0.4, -0.2) is 38.0 Å². The smallest absolute Gasteiger partial charge is 0.326 e. The monoisotopic (exact) mass is 394 g/mol. The SMILES string of the molecule is CC(C)[C@H](NC(=O)[C@H](Cc1ccccc1)n1nnc2ccccc2c1=O)C(=O)O. The number of rotatable bonds is 7. The molecule has 0 radical (unpaired) electrons. The van der Waals surface area contributed by atoms with Crippen LogP contribution in [-0.2, 0) is 16.0 Å². The predicted octanol–water partition coefficient (Wildman–Crippen LogP) is 1.80. The fraction of sp³-hybridized carbons (Fsp3) is 0.286. The Hall–Kier alpha value is -3.55. The number of carbonyl (C=O) groups excluding carboxylic acids is 1. The lowest BCUT2D eigenvalue weighted by Gasteiger charge is -2.23. The van der Waals surface area contributed by atoms with Crippen LogP contribution in [0.3, 0.4) is 0 Å². The van der Waals surface area contributed by atoms with E-state index in [2.05, 4.69) is 15.6 Å². The van der Waals surface area contributed by atoms with E-state index in [0.717, 1.165) is 10.2 Å². The van der Waals surface area contributed by atoms with Crippen LogP contribution in [0.1, 0.15) is 25.5 Å². The number of benzene rings is 2. The first-order chi connectivity index (χ1) is 13.9. The number of carbonyl (C=O) groups is 2. The number of amides is 1.